The number of H-pyrrole nitrogens is 1. The zero-order valence-corrected chi connectivity index (χ0v) is 8.00. The molecule has 0 radical (unpaired) electrons. The zero-order valence-electron chi connectivity index (χ0n) is 6.41. The van der Waals surface area contributed by atoms with Crippen molar-refractivity contribution in [3.63, 3.8) is 0 Å². The summed E-state index contributed by atoms with van der Waals surface area (Å²) >= 11 is 3.30. The number of carbonyl (C=O) groups is 1. The van der Waals surface area contributed by atoms with Crippen molar-refractivity contribution in [2.75, 3.05) is 0 Å². The summed E-state index contributed by atoms with van der Waals surface area (Å²) in [7, 11) is 0. The number of carboxylic acid groups (broad SMARTS) is 1. The number of aromatic amines is 1. The fourth-order valence-electron chi connectivity index (χ4n) is 1.19. The number of nitrogens with one attached hydrogen (secondary N) is 1. The second kappa shape index (κ2) is 2.85. The van der Waals surface area contributed by atoms with Gasteiger partial charge in [0.1, 0.15) is 0 Å². The molecule has 0 amide bonds. The van der Waals surface area contributed by atoms with Crippen LogP contribution in [0, 0.1) is 0 Å². The van der Waals surface area contributed by atoms with Crippen LogP contribution >= 0.6 is 15.9 Å². The van der Waals surface area contributed by atoms with Crippen molar-refractivity contribution in [3.05, 3.63) is 28.4 Å². The number of fused-ring (bicyclic) bond motifs is 1. The lowest BCUT2D eigenvalue weighted by Crippen LogP contribution is -1.96. The summed E-state index contributed by atoms with van der Waals surface area (Å²) in [6.45, 7) is 0. The van der Waals surface area contributed by atoms with Crippen LogP contribution in [0.1, 0.15) is 10.4 Å². The maximum Gasteiger partial charge on any atom is 0.336 e. The third-order valence-corrected chi connectivity index (χ3v) is 2.46. The Hall–Kier alpha value is -1.36. The maximum absolute atomic E-state index is 10.8. The first kappa shape index (κ1) is 8.25. The van der Waals surface area contributed by atoms with E-state index >= 15 is 0 Å². The summed E-state index contributed by atoms with van der Waals surface area (Å²) in [5.74, 6) is -0.945. The molecule has 0 spiro atoms. The van der Waals surface area contributed by atoms with Gasteiger partial charge in [-0.2, -0.15) is 5.10 Å². The molecule has 0 aliphatic heterocycles. The molecule has 4 nitrogen and oxygen atoms in total. The predicted molar refractivity (Wildman–Crippen MR) is 50.8 cm³/mol. The lowest BCUT2D eigenvalue weighted by Gasteiger charge is -1.97. The highest BCUT2D eigenvalue weighted by molar-refractivity contribution is 9.10. The van der Waals surface area contributed by atoms with E-state index < -0.39 is 5.97 Å². The minimum Gasteiger partial charge on any atom is -0.478 e. The van der Waals surface area contributed by atoms with Crippen LogP contribution in [0.2, 0.25) is 0 Å². The van der Waals surface area contributed by atoms with Gasteiger partial charge in [0.05, 0.1) is 17.3 Å². The number of halogens is 1. The minimum atomic E-state index is -0.945. The number of hydrogen-bond donors (Lipinski definition) is 2. The van der Waals surface area contributed by atoms with Gasteiger partial charge in [-0.25, -0.2) is 4.79 Å². The molecule has 1 aromatic heterocycles. The molecule has 0 atom stereocenters. The first-order valence-electron chi connectivity index (χ1n) is 3.55. The lowest BCUT2D eigenvalue weighted by atomic mass is 10.1. The molecule has 1 heterocycles. The Labute approximate surface area is 81.7 Å². The third kappa shape index (κ3) is 1.21. The topological polar surface area (TPSA) is 66.0 Å². The standard InChI is InChI=1S/C8H5BrN2O2/c9-6-2-1-4(8(12)13)5-3-10-11-7(5)6/h1-3H,(H,10,11)(H,12,13). The van der Waals surface area contributed by atoms with Crippen LogP contribution in [0.4, 0.5) is 0 Å². The average molecular weight is 241 g/mol. The van der Waals surface area contributed by atoms with Crippen molar-refractivity contribution < 1.29 is 9.90 Å². The molecule has 0 saturated heterocycles. The highest BCUT2D eigenvalue weighted by atomic mass is 79.9. The molecule has 1 aromatic carbocycles. The number of carboxylic acids is 1. The molecule has 0 saturated carbocycles. The van der Waals surface area contributed by atoms with Crippen molar-refractivity contribution >= 4 is 32.8 Å². The molecular formula is C8H5BrN2O2. The number of aromatic carboxylic acids is 1. The van der Waals surface area contributed by atoms with Gasteiger partial charge in [0.2, 0.25) is 0 Å². The van der Waals surface area contributed by atoms with Crippen molar-refractivity contribution in [2.24, 2.45) is 0 Å². The second-order valence-electron chi connectivity index (χ2n) is 2.56. The first-order chi connectivity index (χ1) is 6.20. The quantitative estimate of drug-likeness (QED) is 0.802. The Kier molecular flexibility index (Phi) is 1.81. The highest BCUT2D eigenvalue weighted by Crippen LogP contribution is 2.24. The Bertz CT molecular complexity index is 478. The third-order valence-electron chi connectivity index (χ3n) is 1.80. The fraction of sp³-hybridized carbons (Fsp3) is 0. The SMILES string of the molecule is O=C(O)c1ccc(Br)c2[nH]ncc12. The molecule has 2 rings (SSSR count). The Morgan fingerprint density at radius 1 is 1.54 bits per heavy atom. The van der Waals surface area contributed by atoms with Gasteiger partial charge in [-0.05, 0) is 28.1 Å². The van der Waals surface area contributed by atoms with Gasteiger partial charge in [0.25, 0.3) is 0 Å². The van der Waals surface area contributed by atoms with Crippen molar-refractivity contribution in [1.29, 1.82) is 0 Å². The van der Waals surface area contributed by atoms with Crippen molar-refractivity contribution in [3.8, 4) is 0 Å². The fourth-order valence-corrected chi connectivity index (χ4v) is 1.62. The summed E-state index contributed by atoms with van der Waals surface area (Å²) in [6.07, 6.45) is 1.50. The highest BCUT2D eigenvalue weighted by Gasteiger charge is 2.11. The number of rotatable bonds is 1. The Morgan fingerprint density at radius 3 is 3.00 bits per heavy atom. The van der Waals surface area contributed by atoms with Gasteiger partial charge in [0, 0.05) is 9.86 Å². The number of hydrogen-bond acceptors (Lipinski definition) is 2. The van der Waals surface area contributed by atoms with Gasteiger partial charge >= 0.3 is 5.97 Å². The molecule has 0 aliphatic carbocycles. The van der Waals surface area contributed by atoms with Gasteiger partial charge in [0.15, 0.2) is 0 Å². The van der Waals surface area contributed by atoms with Crippen LogP contribution in [0.5, 0.6) is 0 Å². The molecular weight excluding hydrogens is 236 g/mol. The summed E-state index contributed by atoms with van der Waals surface area (Å²) in [6, 6.07) is 3.23. The van der Waals surface area contributed by atoms with Gasteiger partial charge in [-0.1, -0.05) is 0 Å². The number of aromatic nitrogens is 2. The lowest BCUT2D eigenvalue weighted by molar-refractivity contribution is 0.0699. The number of benzene rings is 1. The van der Waals surface area contributed by atoms with E-state index in [-0.39, 0.29) is 5.56 Å². The van der Waals surface area contributed by atoms with E-state index in [1.165, 1.54) is 6.20 Å². The van der Waals surface area contributed by atoms with Gasteiger partial charge in [-0.3, -0.25) is 5.10 Å². The molecule has 13 heavy (non-hydrogen) atoms. The van der Waals surface area contributed by atoms with Crippen molar-refractivity contribution in [2.45, 2.75) is 0 Å². The largest absolute Gasteiger partial charge is 0.478 e. The Morgan fingerprint density at radius 2 is 2.31 bits per heavy atom. The van der Waals surface area contributed by atoms with Crippen LogP contribution in [0.25, 0.3) is 10.9 Å². The monoisotopic (exact) mass is 240 g/mol. The summed E-state index contributed by atoms with van der Waals surface area (Å²) in [5.41, 5.74) is 0.965. The van der Waals surface area contributed by atoms with Gasteiger partial charge < -0.3 is 5.11 Å². The van der Waals surface area contributed by atoms with Crippen LogP contribution in [-0.2, 0) is 0 Å². The second-order valence-corrected chi connectivity index (χ2v) is 3.41. The molecule has 0 aliphatic rings. The van der Waals surface area contributed by atoms with E-state index in [0.29, 0.717) is 10.9 Å². The first-order valence-corrected chi connectivity index (χ1v) is 4.34. The smallest absolute Gasteiger partial charge is 0.336 e. The van der Waals surface area contributed by atoms with Crippen LogP contribution in [-0.4, -0.2) is 21.3 Å². The molecule has 0 unspecified atom stereocenters. The molecule has 0 fully saturated rings. The summed E-state index contributed by atoms with van der Waals surface area (Å²) < 4.78 is 0.810. The molecule has 2 aromatic rings. The zero-order chi connectivity index (χ0) is 9.42. The van der Waals surface area contributed by atoms with E-state index in [9.17, 15) is 4.79 Å². The van der Waals surface area contributed by atoms with Crippen molar-refractivity contribution in [1.82, 2.24) is 10.2 Å². The molecule has 0 bridgehead atoms. The predicted octanol–water partition coefficient (Wildman–Crippen LogP) is 2.02. The maximum atomic E-state index is 10.8. The van der Waals surface area contributed by atoms with Crippen LogP contribution in [0.15, 0.2) is 22.8 Å². The van der Waals surface area contributed by atoms with Crippen LogP contribution in [0.3, 0.4) is 0 Å². The van der Waals surface area contributed by atoms with Crippen LogP contribution < -0.4 is 0 Å². The van der Waals surface area contributed by atoms with E-state index in [1.807, 2.05) is 0 Å². The average Bonchev–Trinajstić information content (AvgIpc) is 2.53. The summed E-state index contributed by atoms with van der Waals surface area (Å²) in [4.78, 5) is 10.8. The minimum absolute atomic E-state index is 0.256. The Balaban J connectivity index is 2.86. The van der Waals surface area contributed by atoms with E-state index in [2.05, 4.69) is 26.1 Å². The van der Waals surface area contributed by atoms with E-state index in [4.69, 9.17) is 5.11 Å². The molecule has 66 valence electrons. The van der Waals surface area contributed by atoms with E-state index in [1.54, 1.807) is 12.1 Å². The molecule has 2 N–H and O–H groups in total. The van der Waals surface area contributed by atoms with Gasteiger partial charge in [-0.15, -0.1) is 0 Å². The van der Waals surface area contributed by atoms with E-state index in [0.717, 1.165) is 4.47 Å². The number of nitrogens with zero attached hydrogens (tertiary/aromatic N) is 1. The summed E-state index contributed by atoms with van der Waals surface area (Å²) in [5, 5.41) is 16.0. The normalized spacial score (nSPS) is 10.5. The molecule has 5 heteroatoms.